The normalized spacial score (nSPS) is 16.1. The maximum atomic E-state index is 12.9. The van der Waals surface area contributed by atoms with Crippen LogP contribution in [0.2, 0.25) is 5.02 Å². The molecule has 0 spiro atoms. The van der Waals surface area contributed by atoms with Crippen molar-refractivity contribution in [2.45, 2.75) is 25.8 Å². The fraction of sp³-hybridized carbons (Fsp3) is 0.231. The Labute approximate surface area is 192 Å². The lowest BCUT2D eigenvalue weighted by atomic mass is 10.1. The zero-order valence-corrected chi connectivity index (χ0v) is 18.6. The number of hydrogen-bond donors (Lipinski definition) is 0. The molecule has 4 aromatic rings. The summed E-state index contributed by atoms with van der Waals surface area (Å²) >= 11 is 6.22. The first-order valence-electron chi connectivity index (χ1n) is 10.8. The van der Waals surface area contributed by atoms with Crippen LogP contribution in [0.1, 0.15) is 30.7 Å². The summed E-state index contributed by atoms with van der Waals surface area (Å²) < 4.78 is 7.75. The highest BCUT2D eigenvalue weighted by Crippen LogP contribution is 2.34. The molecule has 1 aliphatic heterocycles. The largest absolute Gasteiger partial charge is 0.494 e. The topological polar surface area (TPSA) is 47.4 Å². The number of hydrogen-bond acceptors (Lipinski definition) is 3. The lowest BCUT2D eigenvalue weighted by molar-refractivity contribution is -0.117. The minimum atomic E-state index is 0.0145. The number of halogens is 1. The standard InChI is InChI=1S/C26H24ClN3O2/c1-2-32-22-12-10-21(11-13-22)29-17-19(15-25(29)31)26-28-23-8-3-4-9-24(23)30(26)16-18-6-5-7-20(27)14-18/h3-14,19H,2,15-17H2,1H3/t19-/m0/s1. The van der Waals surface area contributed by atoms with E-state index in [1.54, 1.807) is 0 Å². The average Bonchev–Trinajstić information content (AvgIpc) is 3.35. The van der Waals surface area contributed by atoms with Gasteiger partial charge in [-0.2, -0.15) is 0 Å². The van der Waals surface area contributed by atoms with E-state index >= 15 is 0 Å². The molecule has 0 unspecified atom stereocenters. The van der Waals surface area contributed by atoms with Gasteiger partial charge in [0.25, 0.3) is 0 Å². The van der Waals surface area contributed by atoms with Crippen molar-refractivity contribution < 1.29 is 9.53 Å². The Kier molecular flexibility index (Phi) is 5.58. The number of benzene rings is 3. The highest BCUT2D eigenvalue weighted by Gasteiger charge is 2.34. The van der Waals surface area contributed by atoms with Crippen LogP contribution in [0.25, 0.3) is 11.0 Å². The van der Waals surface area contributed by atoms with Gasteiger partial charge in [0.15, 0.2) is 0 Å². The first-order valence-corrected chi connectivity index (χ1v) is 11.2. The van der Waals surface area contributed by atoms with Crippen LogP contribution in [0.4, 0.5) is 5.69 Å². The highest BCUT2D eigenvalue weighted by molar-refractivity contribution is 6.30. The van der Waals surface area contributed by atoms with Crippen molar-refractivity contribution in [2.24, 2.45) is 0 Å². The van der Waals surface area contributed by atoms with Crippen LogP contribution in [0.5, 0.6) is 5.75 Å². The Morgan fingerprint density at radius 1 is 1.06 bits per heavy atom. The van der Waals surface area contributed by atoms with Crippen LogP contribution in [0, 0.1) is 0 Å². The van der Waals surface area contributed by atoms with Gasteiger partial charge in [-0.1, -0.05) is 35.9 Å². The molecule has 1 atom stereocenters. The Hall–Kier alpha value is -3.31. The third-order valence-electron chi connectivity index (χ3n) is 5.86. The van der Waals surface area contributed by atoms with Crippen molar-refractivity contribution in [3.05, 3.63) is 89.2 Å². The Morgan fingerprint density at radius 2 is 1.88 bits per heavy atom. The number of amides is 1. The van der Waals surface area contributed by atoms with Crippen LogP contribution >= 0.6 is 11.6 Å². The molecule has 0 saturated carbocycles. The molecule has 1 saturated heterocycles. The molecule has 0 aliphatic carbocycles. The van der Waals surface area contributed by atoms with Gasteiger partial charge in [-0.05, 0) is 61.0 Å². The average molecular weight is 446 g/mol. The van der Waals surface area contributed by atoms with Crippen LogP contribution < -0.4 is 9.64 Å². The molecule has 0 radical (unpaired) electrons. The predicted octanol–water partition coefficient (Wildman–Crippen LogP) is 5.66. The molecular formula is C26H24ClN3O2. The van der Waals surface area contributed by atoms with E-state index in [4.69, 9.17) is 21.3 Å². The molecule has 0 bridgehead atoms. The predicted molar refractivity (Wildman–Crippen MR) is 128 cm³/mol. The second kappa shape index (κ2) is 8.67. The third-order valence-corrected chi connectivity index (χ3v) is 6.10. The quantitative estimate of drug-likeness (QED) is 0.385. The summed E-state index contributed by atoms with van der Waals surface area (Å²) in [5.74, 6) is 1.87. The van der Waals surface area contributed by atoms with Crippen molar-refractivity contribution in [3.8, 4) is 5.75 Å². The number of aromatic nitrogens is 2. The summed E-state index contributed by atoms with van der Waals surface area (Å²) in [6.07, 6.45) is 0.437. The summed E-state index contributed by atoms with van der Waals surface area (Å²) in [7, 11) is 0. The lowest BCUT2D eigenvalue weighted by Crippen LogP contribution is -2.24. The van der Waals surface area contributed by atoms with Crippen molar-refractivity contribution >= 4 is 34.2 Å². The van der Waals surface area contributed by atoms with Crippen LogP contribution in [0.15, 0.2) is 72.8 Å². The molecule has 3 aromatic carbocycles. The van der Waals surface area contributed by atoms with Crippen molar-refractivity contribution in [1.29, 1.82) is 0 Å². The van der Waals surface area contributed by atoms with Gasteiger partial charge in [-0.3, -0.25) is 4.79 Å². The summed E-state index contributed by atoms with van der Waals surface area (Å²) in [4.78, 5) is 19.7. The molecule has 0 N–H and O–H groups in total. The van der Waals surface area contributed by atoms with Crippen molar-refractivity contribution in [3.63, 3.8) is 0 Å². The maximum Gasteiger partial charge on any atom is 0.227 e. The molecule has 32 heavy (non-hydrogen) atoms. The van der Waals surface area contributed by atoms with Gasteiger partial charge >= 0.3 is 0 Å². The van der Waals surface area contributed by atoms with E-state index in [1.807, 2.05) is 72.5 Å². The van der Waals surface area contributed by atoms with E-state index in [2.05, 4.69) is 16.7 Å². The molecular weight excluding hydrogens is 422 g/mol. The summed E-state index contributed by atoms with van der Waals surface area (Å²) in [6.45, 7) is 3.83. The second-order valence-corrected chi connectivity index (χ2v) is 8.44. The number of imidazole rings is 1. The number of carbonyl (C=O) groups is 1. The van der Waals surface area contributed by atoms with E-state index in [-0.39, 0.29) is 11.8 Å². The molecule has 1 amide bonds. The molecule has 5 nitrogen and oxygen atoms in total. The Morgan fingerprint density at radius 3 is 2.66 bits per heavy atom. The molecule has 162 valence electrons. The first-order chi connectivity index (χ1) is 15.6. The molecule has 1 fully saturated rings. The summed E-state index contributed by atoms with van der Waals surface area (Å²) in [5, 5.41) is 0.714. The van der Waals surface area contributed by atoms with Crippen molar-refractivity contribution in [1.82, 2.24) is 9.55 Å². The van der Waals surface area contributed by atoms with Crippen LogP contribution in [-0.2, 0) is 11.3 Å². The number of carbonyl (C=O) groups excluding carboxylic acids is 1. The van der Waals surface area contributed by atoms with Gasteiger partial charge in [-0.25, -0.2) is 4.98 Å². The third kappa shape index (κ3) is 3.96. The smallest absolute Gasteiger partial charge is 0.227 e. The Bertz CT molecular complexity index is 1270. The number of rotatable bonds is 6. The number of nitrogens with zero attached hydrogens (tertiary/aromatic N) is 3. The van der Waals surface area contributed by atoms with Gasteiger partial charge < -0.3 is 14.2 Å². The van der Waals surface area contributed by atoms with Gasteiger partial charge in [0.05, 0.1) is 17.6 Å². The fourth-order valence-electron chi connectivity index (χ4n) is 4.41. The molecule has 1 aliphatic rings. The SMILES string of the molecule is CCOc1ccc(N2C[C@@H](c3nc4ccccc4n3Cc3cccc(Cl)c3)CC2=O)cc1. The van der Waals surface area contributed by atoms with E-state index < -0.39 is 0 Å². The molecule has 6 heteroatoms. The van der Waals surface area contributed by atoms with Gasteiger partial charge in [-0.15, -0.1) is 0 Å². The monoisotopic (exact) mass is 445 g/mol. The maximum absolute atomic E-state index is 12.9. The molecule has 5 rings (SSSR count). The highest BCUT2D eigenvalue weighted by atomic mass is 35.5. The zero-order valence-electron chi connectivity index (χ0n) is 17.9. The van der Waals surface area contributed by atoms with E-state index in [9.17, 15) is 4.79 Å². The molecule has 2 heterocycles. The molecule has 1 aromatic heterocycles. The van der Waals surface area contributed by atoms with Gasteiger partial charge in [0, 0.05) is 36.1 Å². The summed E-state index contributed by atoms with van der Waals surface area (Å²) in [6, 6.07) is 23.7. The van der Waals surface area contributed by atoms with E-state index in [0.29, 0.717) is 31.1 Å². The zero-order chi connectivity index (χ0) is 22.1. The van der Waals surface area contributed by atoms with Gasteiger partial charge in [0.2, 0.25) is 5.91 Å². The number of anilines is 1. The minimum Gasteiger partial charge on any atom is -0.494 e. The fourth-order valence-corrected chi connectivity index (χ4v) is 4.62. The van der Waals surface area contributed by atoms with Crippen LogP contribution in [0.3, 0.4) is 0 Å². The van der Waals surface area contributed by atoms with Gasteiger partial charge in [0.1, 0.15) is 11.6 Å². The first kappa shape index (κ1) is 20.6. The van der Waals surface area contributed by atoms with Crippen LogP contribution in [-0.4, -0.2) is 28.6 Å². The van der Waals surface area contributed by atoms with E-state index in [0.717, 1.165) is 33.9 Å². The number of fused-ring (bicyclic) bond motifs is 1. The summed E-state index contributed by atoms with van der Waals surface area (Å²) in [5.41, 5.74) is 4.00. The number of ether oxygens (including phenoxy) is 1. The number of para-hydroxylation sites is 2. The van der Waals surface area contributed by atoms with E-state index in [1.165, 1.54) is 0 Å². The lowest BCUT2D eigenvalue weighted by Gasteiger charge is -2.18. The Balaban J connectivity index is 1.47. The second-order valence-electron chi connectivity index (χ2n) is 8.01. The van der Waals surface area contributed by atoms with Crippen molar-refractivity contribution in [2.75, 3.05) is 18.1 Å². The minimum absolute atomic E-state index is 0.0145.